The second-order valence-corrected chi connectivity index (χ2v) is 7.87. The van der Waals surface area contributed by atoms with Crippen molar-refractivity contribution in [1.29, 1.82) is 5.26 Å². The third-order valence-corrected chi connectivity index (χ3v) is 4.28. The molecule has 0 bridgehead atoms. The lowest BCUT2D eigenvalue weighted by Crippen LogP contribution is -2.34. The number of benzene rings is 1. The summed E-state index contributed by atoms with van der Waals surface area (Å²) in [6.07, 6.45) is -0.308. The van der Waals surface area contributed by atoms with Gasteiger partial charge in [0.1, 0.15) is 4.90 Å². The highest BCUT2D eigenvalue weighted by Crippen LogP contribution is 2.22. The SMILES string of the molecule is CC(C)(C)CC(O)CNS(=O)(=O)c1ccc(C#N)cc1N. The Balaban J connectivity index is 2.81. The van der Waals surface area contributed by atoms with Crippen LogP contribution in [0.4, 0.5) is 5.69 Å². The number of nitrogen functional groups attached to an aromatic ring is 1. The van der Waals surface area contributed by atoms with Crippen LogP contribution >= 0.6 is 0 Å². The molecule has 1 aromatic carbocycles. The predicted molar refractivity (Wildman–Crippen MR) is 80.8 cm³/mol. The molecule has 0 radical (unpaired) electrons. The Bertz CT molecular complexity index is 642. The van der Waals surface area contributed by atoms with E-state index >= 15 is 0 Å². The molecule has 1 aromatic rings. The maximum Gasteiger partial charge on any atom is 0.242 e. The van der Waals surface area contributed by atoms with Crippen LogP contribution in [-0.2, 0) is 10.0 Å². The zero-order chi connectivity index (χ0) is 16.3. The molecule has 0 aromatic heterocycles. The van der Waals surface area contributed by atoms with E-state index in [-0.39, 0.29) is 22.5 Å². The maximum absolute atomic E-state index is 12.1. The Morgan fingerprint density at radius 1 is 1.43 bits per heavy atom. The summed E-state index contributed by atoms with van der Waals surface area (Å²) in [7, 11) is -3.81. The fourth-order valence-electron chi connectivity index (χ4n) is 1.93. The van der Waals surface area contributed by atoms with Crippen LogP contribution in [-0.4, -0.2) is 26.2 Å². The molecular formula is C14H21N3O3S. The number of aliphatic hydroxyl groups excluding tert-OH is 1. The summed E-state index contributed by atoms with van der Waals surface area (Å²) >= 11 is 0. The van der Waals surface area contributed by atoms with Crippen LogP contribution in [0.15, 0.2) is 23.1 Å². The first-order valence-electron chi connectivity index (χ1n) is 6.52. The third-order valence-electron chi connectivity index (χ3n) is 2.79. The molecule has 1 atom stereocenters. The summed E-state index contributed by atoms with van der Waals surface area (Å²) in [5.74, 6) is 0. The second-order valence-electron chi connectivity index (χ2n) is 6.13. The highest BCUT2D eigenvalue weighted by atomic mass is 32.2. The molecule has 1 unspecified atom stereocenters. The van der Waals surface area contributed by atoms with Crippen molar-refractivity contribution in [3.63, 3.8) is 0 Å². The van der Waals surface area contributed by atoms with Crippen LogP contribution in [0.5, 0.6) is 0 Å². The average Bonchev–Trinajstić information content (AvgIpc) is 2.34. The summed E-state index contributed by atoms with van der Waals surface area (Å²) in [5.41, 5.74) is 5.86. The normalized spacial score (nSPS) is 13.7. The van der Waals surface area contributed by atoms with Crippen LogP contribution in [0.2, 0.25) is 0 Å². The lowest BCUT2D eigenvalue weighted by atomic mass is 9.89. The summed E-state index contributed by atoms with van der Waals surface area (Å²) in [6.45, 7) is 5.80. The minimum Gasteiger partial charge on any atom is -0.398 e. The van der Waals surface area contributed by atoms with Crippen molar-refractivity contribution in [1.82, 2.24) is 4.72 Å². The topological polar surface area (TPSA) is 116 Å². The lowest BCUT2D eigenvalue weighted by Gasteiger charge is -2.22. The number of nitrogens with one attached hydrogen (secondary N) is 1. The van der Waals surface area contributed by atoms with Crippen molar-refractivity contribution in [2.75, 3.05) is 12.3 Å². The molecule has 21 heavy (non-hydrogen) atoms. The second kappa shape index (κ2) is 6.43. The van der Waals surface area contributed by atoms with Gasteiger partial charge in [-0.3, -0.25) is 0 Å². The Hall–Kier alpha value is -1.62. The number of nitriles is 1. The summed E-state index contributed by atoms with van der Waals surface area (Å²) in [4.78, 5) is -0.0931. The standard InChI is InChI=1S/C14H21N3O3S/c1-14(2,3)7-11(18)9-17-21(19,20)13-5-4-10(8-15)6-12(13)16/h4-6,11,17-18H,7,9,16H2,1-3H3. The van der Waals surface area contributed by atoms with Gasteiger partial charge in [0.15, 0.2) is 0 Å². The van der Waals surface area contributed by atoms with E-state index in [9.17, 15) is 13.5 Å². The first kappa shape index (κ1) is 17.4. The number of hydrogen-bond acceptors (Lipinski definition) is 5. The number of sulfonamides is 1. The number of aliphatic hydroxyl groups is 1. The van der Waals surface area contributed by atoms with Crippen molar-refractivity contribution in [3.8, 4) is 6.07 Å². The molecule has 0 heterocycles. The van der Waals surface area contributed by atoms with Gasteiger partial charge in [0.2, 0.25) is 10.0 Å². The molecule has 0 fully saturated rings. The van der Waals surface area contributed by atoms with Crippen LogP contribution in [0.3, 0.4) is 0 Å². The molecule has 116 valence electrons. The minimum absolute atomic E-state index is 0.00635. The van der Waals surface area contributed by atoms with Crippen LogP contribution in [0.25, 0.3) is 0 Å². The Morgan fingerprint density at radius 2 is 2.05 bits per heavy atom. The van der Waals surface area contributed by atoms with E-state index in [1.54, 1.807) is 0 Å². The molecule has 0 spiro atoms. The average molecular weight is 311 g/mol. The molecule has 6 nitrogen and oxygen atoms in total. The van der Waals surface area contributed by atoms with E-state index in [4.69, 9.17) is 11.0 Å². The zero-order valence-electron chi connectivity index (χ0n) is 12.4. The van der Waals surface area contributed by atoms with Gasteiger partial charge in [0.05, 0.1) is 23.4 Å². The number of anilines is 1. The number of nitrogens with two attached hydrogens (primary N) is 1. The molecule has 0 saturated carbocycles. The van der Waals surface area contributed by atoms with Crippen molar-refractivity contribution < 1.29 is 13.5 Å². The van der Waals surface area contributed by atoms with E-state index in [0.29, 0.717) is 12.0 Å². The first-order valence-corrected chi connectivity index (χ1v) is 8.01. The smallest absolute Gasteiger partial charge is 0.242 e. The van der Waals surface area contributed by atoms with E-state index in [0.717, 1.165) is 0 Å². The maximum atomic E-state index is 12.1. The number of hydrogen-bond donors (Lipinski definition) is 3. The molecular weight excluding hydrogens is 290 g/mol. The van der Waals surface area contributed by atoms with Gasteiger partial charge in [0, 0.05) is 6.54 Å². The van der Waals surface area contributed by atoms with Crippen LogP contribution in [0, 0.1) is 16.7 Å². The van der Waals surface area contributed by atoms with Crippen molar-refractivity contribution in [3.05, 3.63) is 23.8 Å². The monoisotopic (exact) mass is 311 g/mol. The lowest BCUT2D eigenvalue weighted by molar-refractivity contribution is 0.125. The van der Waals surface area contributed by atoms with Crippen molar-refractivity contribution >= 4 is 15.7 Å². The van der Waals surface area contributed by atoms with Gasteiger partial charge in [-0.25, -0.2) is 13.1 Å². The highest BCUT2D eigenvalue weighted by Gasteiger charge is 2.21. The fourth-order valence-corrected chi connectivity index (χ4v) is 3.11. The van der Waals surface area contributed by atoms with Gasteiger partial charge < -0.3 is 10.8 Å². The van der Waals surface area contributed by atoms with Crippen molar-refractivity contribution in [2.45, 2.75) is 38.2 Å². The van der Waals surface area contributed by atoms with Gasteiger partial charge in [-0.05, 0) is 30.0 Å². The molecule has 0 amide bonds. The minimum atomic E-state index is -3.81. The quantitative estimate of drug-likeness (QED) is 0.707. The first-order chi connectivity index (χ1) is 9.55. The molecule has 0 aliphatic carbocycles. The fraction of sp³-hybridized carbons (Fsp3) is 0.500. The number of rotatable bonds is 5. The van der Waals surface area contributed by atoms with Crippen LogP contribution in [0.1, 0.15) is 32.8 Å². The molecule has 0 aliphatic heterocycles. The summed E-state index contributed by atoms with van der Waals surface area (Å²) < 4.78 is 26.6. The van der Waals surface area contributed by atoms with E-state index in [2.05, 4.69) is 4.72 Å². The number of nitrogens with zero attached hydrogens (tertiary/aromatic N) is 1. The van der Waals surface area contributed by atoms with E-state index < -0.39 is 16.1 Å². The van der Waals surface area contributed by atoms with Gasteiger partial charge in [-0.1, -0.05) is 20.8 Å². The molecule has 1 rings (SSSR count). The predicted octanol–water partition coefficient (Wildman–Crippen LogP) is 1.22. The summed E-state index contributed by atoms with van der Waals surface area (Å²) in [5, 5.41) is 18.6. The summed E-state index contributed by atoms with van der Waals surface area (Å²) in [6, 6.07) is 5.86. The molecule has 7 heteroatoms. The van der Waals surface area contributed by atoms with E-state index in [1.807, 2.05) is 26.8 Å². The van der Waals surface area contributed by atoms with E-state index in [1.165, 1.54) is 18.2 Å². The third kappa shape index (κ3) is 5.34. The zero-order valence-corrected chi connectivity index (χ0v) is 13.2. The van der Waals surface area contributed by atoms with Crippen LogP contribution < -0.4 is 10.5 Å². The van der Waals surface area contributed by atoms with Gasteiger partial charge in [-0.2, -0.15) is 5.26 Å². The van der Waals surface area contributed by atoms with Gasteiger partial charge in [0.25, 0.3) is 0 Å². The van der Waals surface area contributed by atoms with Crippen molar-refractivity contribution in [2.24, 2.45) is 5.41 Å². The Morgan fingerprint density at radius 3 is 2.52 bits per heavy atom. The van der Waals surface area contributed by atoms with Gasteiger partial charge >= 0.3 is 0 Å². The largest absolute Gasteiger partial charge is 0.398 e. The molecule has 0 aliphatic rings. The highest BCUT2D eigenvalue weighted by molar-refractivity contribution is 7.89. The molecule has 4 N–H and O–H groups in total. The van der Waals surface area contributed by atoms with Gasteiger partial charge in [-0.15, -0.1) is 0 Å². The molecule has 0 saturated heterocycles. The Kier molecular flexibility index (Phi) is 5.34. The Labute approximate surface area is 125 Å².